The monoisotopic (exact) mass is 246 g/mol. The van der Waals surface area contributed by atoms with E-state index in [-0.39, 0.29) is 23.7 Å². The molecule has 0 unspecified atom stereocenters. The summed E-state index contributed by atoms with van der Waals surface area (Å²) >= 11 is 0. The predicted octanol–water partition coefficient (Wildman–Crippen LogP) is 1.50. The van der Waals surface area contributed by atoms with Crippen LogP contribution >= 0.6 is 0 Å². The van der Waals surface area contributed by atoms with E-state index in [0.29, 0.717) is 5.56 Å². The zero-order chi connectivity index (χ0) is 13.1. The summed E-state index contributed by atoms with van der Waals surface area (Å²) in [5.74, 6) is -1.31. The van der Waals surface area contributed by atoms with Crippen molar-refractivity contribution in [2.24, 2.45) is 0 Å². The Morgan fingerprint density at radius 1 is 1.17 bits per heavy atom. The van der Waals surface area contributed by atoms with Crippen LogP contribution in [0.1, 0.15) is 5.56 Å². The molecule has 0 aromatic heterocycles. The molecule has 0 saturated carbocycles. The molecule has 0 radical (unpaired) electrons. The Morgan fingerprint density at radius 2 is 1.83 bits per heavy atom. The number of ether oxygens (including phenoxy) is 2. The van der Waals surface area contributed by atoms with E-state index in [4.69, 9.17) is 9.47 Å². The largest absolute Gasteiger partial charge is 0.508 e. The first kappa shape index (κ1) is 11.9. The standard InChI is InChI=1S/C13H10O5/c1-2-3-8-9(14)4-5-10-13(8)18-12(16)7-6-11(15)17-10/h2,4-7,14H,1,3H2/b7-6-. The average molecular weight is 246 g/mol. The molecule has 1 heterocycles. The van der Waals surface area contributed by atoms with E-state index in [1.54, 1.807) is 6.08 Å². The van der Waals surface area contributed by atoms with E-state index in [2.05, 4.69) is 6.58 Å². The van der Waals surface area contributed by atoms with E-state index < -0.39 is 11.9 Å². The van der Waals surface area contributed by atoms with Crippen molar-refractivity contribution in [1.29, 1.82) is 0 Å². The maximum Gasteiger partial charge on any atom is 0.336 e. The average Bonchev–Trinajstić information content (AvgIpc) is 2.33. The summed E-state index contributed by atoms with van der Waals surface area (Å²) < 4.78 is 10.0. The summed E-state index contributed by atoms with van der Waals surface area (Å²) in [4.78, 5) is 22.7. The Hall–Kier alpha value is -2.56. The number of hydrogen-bond acceptors (Lipinski definition) is 5. The van der Waals surface area contributed by atoms with Gasteiger partial charge >= 0.3 is 11.9 Å². The second-order valence-corrected chi connectivity index (χ2v) is 3.56. The van der Waals surface area contributed by atoms with Gasteiger partial charge in [0.15, 0.2) is 11.5 Å². The van der Waals surface area contributed by atoms with Crippen molar-refractivity contribution in [3.63, 3.8) is 0 Å². The minimum atomic E-state index is -0.705. The van der Waals surface area contributed by atoms with Crippen LogP contribution in [-0.4, -0.2) is 17.0 Å². The molecule has 1 aromatic carbocycles. The third-order valence-electron chi connectivity index (χ3n) is 2.32. The maximum absolute atomic E-state index is 11.4. The smallest absolute Gasteiger partial charge is 0.336 e. The molecule has 1 N–H and O–H groups in total. The van der Waals surface area contributed by atoms with Gasteiger partial charge in [0.25, 0.3) is 0 Å². The third-order valence-corrected chi connectivity index (χ3v) is 2.32. The van der Waals surface area contributed by atoms with Gasteiger partial charge in [-0.2, -0.15) is 0 Å². The van der Waals surface area contributed by atoms with Gasteiger partial charge in [-0.15, -0.1) is 6.58 Å². The second-order valence-electron chi connectivity index (χ2n) is 3.56. The first-order valence-electron chi connectivity index (χ1n) is 5.19. The number of benzene rings is 1. The van der Waals surface area contributed by atoms with Crippen molar-refractivity contribution in [2.75, 3.05) is 0 Å². The number of phenols is 1. The Morgan fingerprint density at radius 3 is 2.50 bits per heavy atom. The summed E-state index contributed by atoms with van der Waals surface area (Å²) in [6, 6.07) is 2.73. The number of esters is 2. The molecule has 1 aromatic rings. The Balaban J connectivity index is 2.57. The number of fused-ring (bicyclic) bond motifs is 1. The number of carbonyl (C=O) groups excluding carboxylic acids is 2. The summed E-state index contributed by atoms with van der Waals surface area (Å²) in [5.41, 5.74) is 0.346. The highest BCUT2D eigenvalue weighted by Gasteiger charge is 2.20. The van der Waals surface area contributed by atoms with Gasteiger partial charge in [-0.25, -0.2) is 9.59 Å². The molecule has 0 atom stereocenters. The molecule has 18 heavy (non-hydrogen) atoms. The quantitative estimate of drug-likeness (QED) is 0.486. The lowest BCUT2D eigenvalue weighted by Gasteiger charge is -2.15. The van der Waals surface area contributed by atoms with Crippen LogP contribution < -0.4 is 9.47 Å². The zero-order valence-electron chi connectivity index (χ0n) is 9.38. The highest BCUT2D eigenvalue weighted by Crippen LogP contribution is 2.38. The molecule has 0 saturated heterocycles. The molecular weight excluding hydrogens is 236 g/mol. The van der Waals surface area contributed by atoms with Crippen molar-refractivity contribution in [3.05, 3.63) is 42.5 Å². The molecule has 0 spiro atoms. The van der Waals surface area contributed by atoms with Crippen molar-refractivity contribution in [3.8, 4) is 17.2 Å². The van der Waals surface area contributed by atoms with Crippen LogP contribution in [0.2, 0.25) is 0 Å². The normalized spacial score (nSPS) is 15.8. The predicted molar refractivity (Wildman–Crippen MR) is 62.4 cm³/mol. The fourth-order valence-electron chi connectivity index (χ4n) is 1.54. The molecule has 5 heteroatoms. The second kappa shape index (κ2) is 4.75. The Kier molecular flexibility index (Phi) is 3.14. The van der Waals surface area contributed by atoms with E-state index in [1.807, 2.05) is 0 Å². The fraction of sp³-hybridized carbons (Fsp3) is 0.0769. The highest BCUT2D eigenvalue weighted by atomic mass is 16.6. The summed E-state index contributed by atoms with van der Waals surface area (Å²) in [5, 5.41) is 9.71. The number of hydrogen-bond donors (Lipinski definition) is 1. The molecular formula is C13H10O5. The van der Waals surface area contributed by atoms with Crippen molar-refractivity contribution < 1.29 is 24.2 Å². The van der Waals surface area contributed by atoms with Crippen molar-refractivity contribution in [1.82, 2.24) is 0 Å². The topological polar surface area (TPSA) is 72.8 Å². The number of rotatable bonds is 2. The molecule has 0 fully saturated rings. The molecule has 0 bridgehead atoms. The highest BCUT2D eigenvalue weighted by molar-refractivity contribution is 5.95. The van der Waals surface area contributed by atoms with E-state index >= 15 is 0 Å². The van der Waals surface area contributed by atoms with Crippen LogP contribution in [0.15, 0.2) is 36.9 Å². The van der Waals surface area contributed by atoms with Gasteiger partial charge in [0, 0.05) is 17.7 Å². The van der Waals surface area contributed by atoms with Crippen LogP contribution in [0.4, 0.5) is 0 Å². The van der Waals surface area contributed by atoms with Gasteiger partial charge in [-0.3, -0.25) is 0 Å². The van der Waals surface area contributed by atoms with E-state index in [9.17, 15) is 14.7 Å². The minimum absolute atomic E-state index is 0.0394. The van der Waals surface area contributed by atoms with Gasteiger partial charge in [0.1, 0.15) is 5.75 Å². The van der Waals surface area contributed by atoms with Crippen LogP contribution in [0.5, 0.6) is 17.2 Å². The first-order chi connectivity index (χ1) is 8.61. The van der Waals surface area contributed by atoms with Crippen molar-refractivity contribution >= 4 is 11.9 Å². The van der Waals surface area contributed by atoms with Crippen molar-refractivity contribution in [2.45, 2.75) is 6.42 Å². The fourth-order valence-corrected chi connectivity index (χ4v) is 1.54. The van der Waals surface area contributed by atoms with Gasteiger partial charge in [-0.1, -0.05) is 6.08 Å². The SMILES string of the molecule is C=CCc1c(O)ccc2c1OC(=O)/C=C\C(=O)O2. The minimum Gasteiger partial charge on any atom is -0.508 e. The number of carbonyl (C=O) groups is 2. The summed E-state index contributed by atoms with van der Waals surface area (Å²) in [6.45, 7) is 3.55. The number of phenolic OH excluding ortho intramolecular Hbond substituents is 1. The van der Waals surface area contributed by atoms with Gasteiger partial charge in [0.2, 0.25) is 0 Å². The first-order valence-corrected chi connectivity index (χ1v) is 5.19. The lowest BCUT2D eigenvalue weighted by molar-refractivity contribution is -0.133. The van der Waals surface area contributed by atoms with Crippen LogP contribution in [0, 0.1) is 0 Å². The molecule has 5 nitrogen and oxygen atoms in total. The third kappa shape index (κ3) is 2.24. The maximum atomic E-state index is 11.4. The molecule has 1 aliphatic heterocycles. The van der Waals surface area contributed by atoms with E-state index in [1.165, 1.54) is 12.1 Å². The Labute approximate surface area is 103 Å². The lowest BCUT2D eigenvalue weighted by Crippen LogP contribution is -2.14. The molecule has 1 aliphatic rings. The number of allylic oxidation sites excluding steroid dienone is 1. The lowest BCUT2D eigenvalue weighted by atomic mass is 10.1. The van der Waals surface area contributed by atoms with Crippen LogP contribution in [-0.2, 0) is 16.0 Å². The van der Waals surface area contributed by atoms with Crippen LogP contribution in [0.25, 0.3) is 0 Å². The number of aromatic hydroxyl groups is 1. The van der Waals surface area contributed by atoms with E-state index in [0.717, 1.165) is 12.2 Å². The summed E-state index contributed by atoms with van der Waals surface area (Å²) in [6.07, 6.45) is 3.77. The zero-order valence-corrected chi connectivity index (χ0v) is 9.38. The molecule has 92 valence electrons. The summed E-state index contributed by atoms with van der Waals surface area (Å²) in [7, 11) is 0. The van der Waals surface area contributed by atoms with Gasteiger partial charge in [-0.05, 0) is 18.6 Å². The molecule has 0 amide bonds. The van der Waals surface area contributed by atoms with Gasteiger partial charge in [0.05, 0.1) is 0 Å². The molecule has 0 aliphatic carbocycles. The Bertz CT molecular complexity index is 557. The van der Waals surface area contributed by atoms with Crippen LogP contribution in [0.3, 0.4) is 0 Å². The van der Waals surface area contributed by atoms with Gasteiger partial charge < -0.3 is 14.6 Å². The molecule has 2 rings (SSSR count).